The van der Waals surface area contributed by atoms with Crippen molar-refractivity contribution in [1.29, 1.82) is 0 Å². The Labute approximate surface area is 176 Å². The highest BCUT2D eigenvalue weighted by Crippen LogP contribution is 2.44. The predicted molar refractivity (Wildman–Crippen MR) is 111 cm³/mol. The van der Waals surface area contributed by atoms with Crippen molar-refractivity contribution >= 4 is 29.9 Å². The van der Waals surface area contributed by atoms with Gasteiger partial charge in [-0.05, 0) is 30.7 Å². The maximum Gasteiger partial charge on any atom is 0.224 e. The molecular formula is C20H26Cl2N4O2. The van der Waals surface area contributed by atoms with Crippen LogP contribution in [0, 0.1) is 11.8 Å². The summed E-state index contributed by atoms with van der Waals surface area (Å²) in [4.78, 5) is 17.1. The summed E-state index contributed by atoms with van der Waals surface area (Å²) in [5.74, 6) is 2.08. The van der Waals surface area contributed by atoms with Gasteiger partial charge in [0, 0.05) is 50.8 Å². The first-order chi connectivity index (χ1) is 13.0. The molecule has 6 nitrogen and oxygen atoms in total. The largest absolute Gasteiger partial charge is 0.497 e. The molecular weight excluding hydrogens is 399 g/mol. The van der Waals surface area contributed by atoms with Gasteiger partial charge in [-0.1, -0.05) is 23.7 Å². The number of aromatic nitrogens is 2. The lowest BCUT2D eigenvalue weighted by Gasteiger charge is -2.27. The van der Waals surface area contributed by atoms with Crippen LogP contribution in [0.2, 0.25) is 5.02 Å². The molecule has 0 unspecified atom stereocenters. The van der Waals surface area contributed by atoms with Gasteiger partial charge in [-0.2, -0.15) is 5.10 Å². The van der Waals surface area contributed by atoms with Gasteiger partial charge in [0.2, 0.25) is 5.91 Å². The minimum atomic E-state index is 0. The van der Waals surface area contributed by atoms with Gasteiger partial charge in [-0.3, -0.25) is 14.4 Å². The first kappa shape index (κ1) is 21.0. The number of benzene rings is 1. The molecule has 0 radical (unpaired) electrons. The first-order valence-corrected chi connectivity index (χ1v) is 9.73. The van der Waals surface area contributed by atoms with E-state index in [1.54, 1.807) is 24.2 Å². The van der Waals surface area contributed by atoms with E-state index in [2.05, 4.69) is 29.2 Å². The Balaban J connectivity index is 0.00000225. The smallest absolute Gasteiger partial charge is 0.224 e. The molecule has 0 spiro atoms. The van der Waals surface area contributed by atoms with Crippen molar-refractivity contribution in [3.63, 3.8) is 0 Å². The number of likely N-dealkylation sites (tertiary alicyclic amines) is 2. The monoisotopic (exact) mass is 424 g/mol. The van der Waals surface area contributed by atoms with E-state index in [4.69, 9.17) is 16.3 Å². The van der Waals surface area contributed by atoms with Crippen LogP contribution >= 0.6 is 24.0 Å². The third-order valence-electron chi connectivity index (χ3n) is 5.86. The number of rotatable bonds is 5. The molecule has 2 saturated heterocycles. The lowest BCUT2D eigenvalue weighted by molar-refractivity contribution is -0.130. The molecule has 28 heavy (non-hydrogen) atoms. The second kappa shape index (κ2) is 8.72. The van der Waals surface area contributed by atoms with Gasteiger partial charge < -0.3 is 9.64 Å². The predicted octanol–water partition coefficient (Wildman–Crippen LogP) is 3.12. The molecule has 0 aliphatic carbocycles. The standard InChI is InChI=1S/C20H25ClN4O2.ClH/c1-23-10-15-11-24(19(26)7-8-25-12-16(21)9-22-25)13-18(15)20(23)14-3-5-17(27-2)6-4-14;/h3-6,9,12,15,18,20H,7-8,10-11,13H2,1-2H3;1H/t15-,18+,20+;/m0./s1. The topological polar surface area (TPSA) is 50.6 Å². The molecule has 3 heterocycles. The number of halogens is 2. The molecule has 4 rings (SSSR count). The van der Waals surface area contributed by atoms with E-state index in [0.717, 1.165) is 25.4 Å². The highest BCUT2D eigenvalue weighted by Gasteiger charge is 2.47. The lowest BCUT2D eigenvalue weighted by Crippen LogP contribution is -2.33. The van der Waals surface area contributed by atoms with Gasteiger partial charge in [-0.25, -0.2) is 0 Å². The van der Waals surface area contributed by atoms with Crippen molar-refractivity contribution in [1.82, 2.24) is 19.6 Å². The van der Waals surface area contributed by atoms with E-state index in [1.807, 2.05) is 17.0 Å². The van der Waals surface area contributed by atoms with Crippen LogP contribution in [0.1, 0.15) is 18.0 Å². The van der Waals surface area contributed by atoms with Crippen molar-refractivity contribution in [2.75, 3.05) is 33.8 Å². The maximum absolute atomic E-state index is 12.7. The Morgan fingerprint density at radius 1 is 1.25 bits per heavy atom. The third kappa shape index (κ3) is 4.14. The lowest BCUT2D eigenvalue weighted by atomic mass is 9.89. The maximum atomic E-state index is 12.7. The third-order valence-corrected chi connectivity index (χ3v) is 6.06. The SMILES string of the molecule is COc1ccc([C@@H]2[C@@H]3CN(C(=O)CCn4cc(Cl)cn4)C[C@@H]3CN2C)cc1.Cl. The van der Waals surface area contributed by atoms with Crippen LogP contribution in [-0.2, 0) is 11.3 Å². The number of amides is 1. The van der Waals surface area contributed by atoms with Crippen LogP contribution in [0.5, 0.6) is 5.75 Å². The number of hydrogen-bond donors (Lipinski definition) is 0. The highest BCUT2D eigenvalue weighted by molar-refractivity contribution is 6.30. The fraction of sp³-hybridized carbons (Fsp3) is 0.500. The van der Waals surface area contributed by atoms with E-state index in [9.17, 15) is 4.79 Å². The quantitative estimate of drug-likeness (QED) is 0.739. The molecule has 8 heteroatoms. The summed E-state index contributed by atoms with van der Waals surface area (Å²) >= 11 is 5.88. The zero-order valence-corrected chi connectivity index (χ0v) is 17.7. The minimum Gasteiger partial charge on any atom is -0.497 e. The Morgan fingerprint density at radius 3 is 2.64 bits per heavy atom. The Kier molecular flexibility index (Phi) is 6.53. The summed E-state index contributed by atoms with van der Waals surface area (Å²) < 4.78 is 7.00. The summed E-state index contributed by atoms with van der Waals surface area (Å²) in [6, 6.07) is 8.68. The number of ether oxygens (including phenoxy) is 1. The molecule has 1 aromatic carbocycles. The number of hydrogen-bond acceptors (Lipinski definition) is 4. The van der Waals surface area contributed by atoms with Crippen LogP contribution in [-0.4, -0.2) is 59.3 Å². The second-order valence-corrected chi connectivity index (χ2v) is 7.99. The molecule has 2 aliphatic rings. The zero-order chi connectivity index (χ0) is 19.0. The molecule has 2 aliphatic heterocycles. The van der Waals surface area contributed by atoms with E-state index >= 15 is 0 Å². The van der Waals surface area contributed by atoms with Gasteiger partial charge in [0.15, 0.2) is 0 Å². The summed E-state index contributed by atoms with van der Waals surface area (Å²) in [7, 11) is 3.87. The van der Waals surface area contributed by atoms with Gasteiger partial charge in [0.25, 0.3) is 0 Å². The molecule has 0 bridgehead atoms. The highest BCUT2D eigenvalue weighted by atomic mass is 35.5. The summed E-state index contributed by atoms with van der Waals surface area (Å²) in [6.07, 6.45) is 3.81. The Morgan fingerprint density at radius 2 is 2.00 bits per heavy atom. The molecule has 0 N–H and O–H groups in total. The molecule has 2 fully saturated rings. The van der Waals surface area contributed by atoms with Gasteiger partial charge in [0.05, 0.1) is 18.3 Å². The second-order valence-electron chi connectivity index (χ2n) is 7.55. The number of carbonyl (C=O) groups is 1. The van der Waals surface area contributed by atoms with Gasteiger partial charge in [0.1, 0.15) is 5.75 Å². The van der Waals surface area contributed by atoms with Crippen LogP contribution < -0.4 is 4.74 Å². The number of nitrogens with zero attached hydrogens (tertiary/aromatic N) is 4. The number of carbonyl (C=O) groups excluding carboxylic acids is 1. The number of methoxy groups -OCH3 is 1. The van der Waals surface area contributed by atoms with Crippen LogP contribution in [0.25, 0.3) is 0 Å². The fourth-order valence-corrected chi connectivity index (χ4v) is 4.75. The Hall–Kier alpha value is -1.76. The first-order valence-electron chi connectivity index (χ1n) is 9.35. The normalized spacial score (nSPS) is 24.1. The fourth-order valence-electron chi connectivity index (χ4n) is 4.59. The summed E-state index contributed by atoms with van der Waals surface area (Å²) in [6.45, 7) is 3.27. The van der Waals surface area contributed by atoms with Crippen molar-refractivity contribution in [2.45, 2.75) is 19.0 Å². The molecule has 1 aromatic heterocycles. The number of fused-ring (bicyclic) bond motifs is 1. The average Bonchev–Trinajstić information content (AvgIpc) is 3.34. The van der Waals surface area contributed by atoms with Crippen molar-refractivity contribution in [3.8, 4) is 5.75 Å². The van der Waals surface area contributed by atoms with Crippen LogP contribution in [0.15, 0.2) is 36.7 Å². The Bertz CT molecular complexity index is 811. The number of aryl methyl sites for hydroxylation is 1. The van der Waals surface area contributed by atoms with Crippen molar-refractivity contribution in [2.24, 2.45) is 11.8 Å². The van der Waals surface area contributed by atoms with Crippen molar-refractivity contribution in [3.05, 3.63) is 47.2 Å². The van der Waals surface area contributed by atoms with E-state index in [0.29, 0.717) is 35.9 Å². The van der Waals surface area contributed by atoms with Crippen LogP contribution in [0.3, 0.4) is 0 Å². The molecule has 2 aromatic rings. The van der Waals surface area contributed by atoms with Gasteiger partial charge in [-0.15, -0.1) is 12.4 Å². The molecule has 0 saturated carbocycles. The van der Waals surface area contributed by atoms with Crippen LogP contribution in [0.4, 0.5) is 0 Å². The minimum absolute atomic E-state index is 0. The molecule has 152 valence electrons. The van der Waals surface area contributed by atoms with Crippen molar-refractivity contribution < 1.29 is 9.53 Å². The zero-order valence-electron chi connectivity index (χ0n) is 16.1. The summed E-state index contributed by atoms with van der Waals surface area (Å²) in [5.41, 5.74) is 1.30. The summed E-state index contributed by atoms with van der Waals surface area (Å²) in [5, 5.41) is 4.74. The average molecular weight is 425 g/mol. The van der Waals surface area contributed by atoms with Gasteiger partial charge >= 0.3 is 0 Å². The molecule has 1 amide bonds. The van der Waals surface area contributed by atoms with E-state index in [-0.39, 0.29) is 18.3 Å². The van der Waals surface area contributed by atoms with E-state index in [1.165, 1.54) is 5.56 Å². The molecule has 3 atom stereocenters. The van der Waals surface area contributed by atoms with E-state index < -0.39 is 0 Å².